The van der Waals surface area contributed by atoms with Crippen molar-refractivity contribution < 1.29 is 9.59 Å². The molecule has 6 heteroatoms. The van der Waals surface area contributed by atoms with Gasteiger partial charge in [0.15, 0.2) is 0 Å². The van der Waals surface area contributed by atoms with Gasteiger partial charge in [-0.25, -0.2) is 0 Å². The van der Waals surface area contributed by atoms with Crippen molar-refractivity contribution >= 4 is 28.6 Å². The van der Waals surface area contributed by atoms with Crippen molar-refractivity contribution in [2.75, 3.05) is 19.6 Å². The lowest BCUT2D eigenvalue weighted by molar-refractivity contribution is -0.140. The molecule has 0 atom stereocenters. The van der Waals surface area contributed by atoms with Gasteiger partial charge in [-0.15, -0.1) is 0 Å². The average Bonchev–Trinajstić information content (AvgIpc) is 3.30. The summed E-state index contributed by atoms with van der Waals surface area (Å²) < 4.78 is 0. The van der Waals surface area contributed by atoms with Crippen LogP contribution in [0.3, 0.4) is 0 Å². The first-order valence-corrected chi connectivity index (χ1v) is 13.0. The smallest absolute Gasteiger partial charge is 0.256 e. The molecule has 2 aromatic carbocycles. The number of amidine groups is 1. The molecule has 6 nitrogen and oxygen atoms in total. The van der Waals surface area contributed by atoms with E-state index in [2.05, 4.69) is 53.5 Å². The van der Waals surface area contributed by atoms with E-state index in [0.29, 0.717) is 18.4 Å². The first-order valence-electron chi connectivity index (χ1n) is 13.0. The van der Waals surface area contributed by atoms with Gasteiger partial charge in [-0.3, -0.25) is 19.5 Å². The standard InChI is InChI=1S/C29H30N4O2/c34-27(22-7-8-22)32-16-19(17-32)18-33-26(31-29(28(33)35)12-1-2-13-29)21-5-3-20(4-6-21)23-9-10-25-24(15-23)11-14-30-25/h3-6,9-11,14-15,19,22,30H,1-2,7-8,12-13,16-18H2. The minimum Gasteiger partial charge on any atom is -0.361 e. The molecule has 2 aliphatic heterocycles. The van der Waals surface area contributed by atoms with Gasteiger partial charge in [-0.05, 0) is 60.4 Å². The number of hydrogen-bond donors (Lipinski definition) is 1. The molecule has 0 unspecified atom stereocenters. The van der Waals surface area contributed by atoms with Crippen LogP contribution in [0, 0.1) is 11.8 Å². The fraction of sp³-hybridized carbons (Fsp3) is 0.414. The molecule has 35 heavy (non-hydrogen) atoms. The molecule has 1 spiro atoms. The van der Waals surface area contributed by atoms with E-state index >= 15 is 0 Å². The molecule has 1 N–H and O–H groups in total. The zero-order valence-corrected chi connectivity index (χ0v) is 19.9. The summed E-state index contributed by atoms with van der Waals surface area (Å²) in [6.45, 7) is 2.18. The molecule has 2 amide bonds. The SMILES string of the molecule is O=C(C1CC1)N1CC(CN2C(=O)C3(CCCC3)N=C2c2ccc(-c3ccc4[nH]ccc4c3)cc2)C1. The first kappa shape index (κ1) is 20.9. The van der Waals surface area contributed by atoms with Crippen molar-refractivity contribution in [3.8, 4) is 11.1 Å². The van der Waals surface area contributed by atoms with Crippen molar-refractivity contribution in [1.82, 2.24) is 14.8 Å². The van der Waals surface area contributed by atoms with Crippen LogP contribution in [0.4, 0.5) is 0 Å². The summed E-state index contributed by atoms with van der Waals surface area (Å²) in [5, 5.41) is 1.20. The van der Waals surface area contributed by atoms with E-state index in [4.69, 9.17) is 4.99 Å². The maximum atomic E-state index is 13.6. The van der Waals surface area contributed by atoms with Gasteiger partial charge in [0.25, 0.3) is 5.91 Å². The number of H-pyrrole nitrogens is 1. The third-order valence-electron chi connectivity index (χ3n) is 8.32. The number of aromatic nitrogens is 1. The Bertz CT molecular complexity index is 1340. The molecule has 178 valence electrons. The predicted molar refractivity (Wildman–Crippen MR) is 136 cm³/mol. The number of fused-ring (bicyclic) bond motifs is 1. The van der Waals surface area contributed by atoms with E-state index < -0.39 is 5.54 Å². The molecule has 0 bridgehead atoms. The molecule has 0 radical (unpaired) electrons. The topological polar surface area (TPSA) is 68.8 Å². The van der Waals surface area contributed by atoms with Crippen LogP contribution in [0.1, 0.15) is 44.1 Å². The lowest BCUT2D eigenvalue weighted by atomic mass is 9.95. The van der Waals surface area contributed by atoms with Crippen LogP contribution in [-0.4, -0.2) is 57.6 Å². The summed E-state index contributed by atoms with van der Waals surface area (Å²) >= 11 is 0. The third kappa shape index (κ3) is 3.49. The molecule has 2 aliphatic carbocycles. The van der Waals surface area contributed by atoms with Gasteiger partial charge < -0.3 is 9.88 Å². The van der Waals surface area contributed by atoms with Crippen molar-refractivity contribution in [1.29, 1.82) is 0 Å². The predicted octanol–water partition coefficient (Wildman–Crippen LogP) is 4.60. The second kappa shape index (κ2) is 7.80. The minimum absolute atomic E-state index is 0.166. The zero-order valence-electron chi connectivity index (χ0n) is 19.9. The number of carbonyl (C=O) groups excluding carboxylic acids is 2. The molecule has 2 saturated carbocycles. The average molecular weight is 467 g/mol. The Morgan fingerprint density at radius 3 is 2.43 bits per heavy atom. The molecular weight excluding hydrogens is 436 g/mol. The summed E-state index contributed by atoms with van der Waals surface area (Å²) in [4.78, 5) is 38.2. The summed E-state index contributed by atoms with van der Waals surface area (Å²) in [6.07, 6.45) is 7.85. The Balaban J connectivity index is 1.14. The van der Waals surface area contributed by atoms with Crippen LogP contribution in [0.5, 0.6) is 0 Å². The zero-order chi connectivity index (χ0) is 23.6. The molecule has 1 saturated heterocycles. The van der Waals surface area contributed by atoms with Crippen molar-refractivity contribution in [2.24, 2.45) is 16.8 Å². The van der Waals surface area contributed by atoms with Gasteiger partial charge in [0, 0.05) is 48.7 Å². The number of aromatic amines is 1. The van der Waals surface area contributed by atoms with Crippen molar-refractivity contribution in [3.05, 3.63) is 60.3 Å². The summed E-state index contributed by atoms with van der Waals surface area (Å²) in [5.74, 6) is 1.88. The molecular formula is C29H30N4O2. The van der Waals surface area contributed by atoms with Crippen LogP contribution in [-0.2, 0) is 9.59 Å². The normalized spacial score (nSPS) is 21.7. The highest BCUT2D eigenvalue weighted by Gasteiger charge is 2.51. The van der Waals surface area contributed by atoms with E-state index in [1.165, 1.54) is 10.9 Å². The van der Waals surface area contributed by atoms with E-state index in [1.54, 1.807) is 0 Å². The number of amides is 2. The van der Waals surface area contributed by atoms with E-state index in [9.17, 15) is 9.59 Å². The Hall–Kier alpha value is -3.41. The van der Waals surface area contributed by atoms with Crippen LogP contribution in [0.15, 0.2) is 59.7 Å². The fourth-order valence-corrected chi connectivity index (χ4v) is 6.09. The number of hydrogen-bond acceptors (Lipinski definition) is 3. The maximum Gasteiger partial charge on any atom is 0.256 e. The summed E-state index contributed by atoms with van der Waals surface area (Å²) in [7, 11) is 0. The maximum absolute atomic E-state index is 13.6. The van der Waals surface area contributed by atoms with Crippen LogP contribution < -0.4 is 0 Å². The van der Waals surface area contributed by atoms with Crippen molar-refractivity contribution in [2.45, 2.75) is 44.1 Å². The number of rotatable bonds is 5. The Morgan fingerprint density at radius 1 is 0.971 bits per heavy atom. The van der Waals surface area contributed by atoms with E-state index in [-0.39, 0.29) is 11.8 Å². The largest absolute Gasteiger partial charge is 0.361 e. The molecule has 7 rings (SSSR count). The highest BCUT2D eigenvalue weighted by atomic mass is 16.2. The molecule has 3 heterocycles. The molecule has 4 aliphatic rings. The van der Waals surface area contributed by atoms with Gasteiger partial charge in [-0.2, -0.15) is 0 Å². The second-order valence-corrected chi connectivity index (χ2v) is 10.8. The minimum atomic E-state index is -0.569. The van der Waals surface area contributed by atoms with Gasteiger partial charge in [0.1, 0.15) is 11.4 Å². The summed E-state index contributed by atoms with van der Waals surface area (Å²) in [5.41, 5.74) is 3.89. The van der Waals surface area contributed by atoms with Crippen LogP contribution in [0.2, 0.25) is 0 Å². The van der Waals surface area contributed by atoms with E-state index in [0.717, 1.165) is 74.1 Å². The van der Waals surface area contributed by atoms with Crippen LogP contribution in [0.25, 0.3) is 22.0 Å². The lowest BCUT2D eigenvalue weighted by Gasteiger charge is -2.41. The highest BCUT2D eigenvalue weighted by Crippen LogP contribution is 2.41. The Kier molecular flexibility index (Phi) is 4.66. The lowest BCUT2D eigenvalue weighted by Crippen LogP contribution is -2.56. The van der Waals surface area contributed by atoms with E-state index in [1.807, 2.05) is 16.0 Å². The number of nitrogens with one attached hydrogen (secondary N) is 1. The summed E-state index contributed by atoms with van der Waals surface area (Å²) in [6, 6.07) is 17.0. The Labute approximate surface area is 205 Å². The van der Waals surface area contributed by atoms with Crippen LogP contribution >= 0.6 is 0 Å². The highest BCUT2D eigenvalue weighted by molar-refractivity contribution is 6.15. The number of aliphatic imine (C=N–C) groups is 1. The second-order valence-electron chi connectivity index (χ2n) is 10.8. The van der Waals surface area contributed by atoms with Gasteiger partial charge in [0.2, 0.25) is 5.91 Å². The number of nitrogens with zero attached hydrogens (tertiary/aromatic N) is 3. The molecule has 3 aromatic rings. The fourth-order valence-electron chi connectivity index (χ4n) is 6.09. The molecule has 1 aromatic heterocycles. The number of benzene rings is 2. The Morgan fingerprint density at radius 2 is 1.69 bits per heavy atom. The van der Waals surface area contributed by atoms with Gasteiger partial charge >= 0.3 is 0 Å². The number of likely N-dealkylation sites (tertiary alicyclic amines) is 1. The number of carbonyl (C=O) groups is 2. The third-order valence-corrected chi connectivity index (χ3v) is 8.32. The molecule has 3 fully saturated rings. The quantitative estimate of drug-likeness (QED) is 0.597. The monoisotopic (exact) mass is 466 g/mol. The van der Waals surface area contributed by atoms with Crippen molar-refractivity contribution in [3.63, 3.8) is 0 Å². The first-order chi connectivity index (χ1) is 17.1. The van der Waals surface area contributed by atoms with Gasteiger partial charge in [0.05, 0.1) is 0 Å². The van der Waals surface area contributed by atoms with Gasteiger partial charge in [-0.1, -0.05) is 43.2 Å².